The highest BCUT2D eigenvalue weighted by molar-refractivity contribution is 5.30. The van der Waals surface area contributed by atoms with Crippen molar-refractivity contribution in [2.24, 2.45) is 0 Å². The molecule has 17 heavy (non-hydrogen) atoms. The largest absolute Gasteiger partial charge is 0.387 e. The van der Waals surface area contributed by atoms with Crippen molar-refractivity contribution in [3.8, 4) is 0 Å². The third-order valence-corrected chi connectivity index (χ3v) is 3.95. The zero-order chi connectivity index (χ0) is 11.9. The Kier molecular flexibility index (Phi) is 2.69. The Bertz CT molecular complexity index is 395. The molecular formula is C14H20N2O. The van der Waals surface area contributed by atoms with E-state index < -0.39 is 5.60 Å². The summed E-state index contributed by atoms with van der Waals surface area (Å²) in [5, 5.41) is 10.5. The summed E-state index contributed by atoms with van der Waals surface area (Å²) < 4.78 is 0. The van der Waals surface area contributed by atoms with E-state index in [-0.39, 0.29) is 0 Å². The summed E-state index contributed by atoms with van der Waals surface area (Å²) in [7, 11) is 2.08. The standard InChI is InChI=1S/C14H20N2O/c1-15-7-6-14(17,10-15)11-16-8-12-4-2-3-5-13(12)9-16/h2-5,17H,6-11H2,1H3. The van der Waals surface area contributed by atoms with Crippen molar-refractivity contribution in [1.29, 1.82) is 0 Å². The zero-order valence-corrected chi connectivity index (χ0v) is 10.4. The summed E-state index contributed by atoms with van der Waals surface area (Å²) in [5.74, 6) is 0. The van der Waals surface area contributed by atoms with Crippen molar-refractivity contribution >= 4 is 0 Å². The Morgan fingerprint density at radius 1 is 1.24 bits per heavy atom. The maximum Gasteiger partial charge on any atom is 0.0912 e. The minimum Gasteiger partial charge on any atom is -0.387 e. The topological polar surface area (TPSA) is 26.7 Å². The van der Waals surface area contributed by atoms with E-state index >= 15 is 0 Å². The lowest BCUT2D eigenvalue weighted by molar-refractivity contribution is 0.0124. The number of nitrogens with zero attached hydrogens (tertiary/aromatic N) is 2. The fourth-order valence-corrected chi connectivity index (χ4v) is 3.12. The van der Waals surface area contributed by atoms with Crippen LogP contribution in [0.3, 0.4) is 0 Å². The Balaban J connectivity index is 1.66. The van der Waals surface area contributed by atoms with Crippen LogP contribution >= 0.6 is 0 Å². The number of likely N-dealkylation sites (tertiary alicyclic amines) is 1. The first-order valence-electron chi connectivity index (χ1n) is 6.35. The molecule has 1 atom stereocenters. The molecule has 0 aromatic heterocycles. The van der Waals surface area contributed by atoms with Crippen molar-refractivity contribution in [3.63, 3.8) is 0 Å². The first kappa shape index (κ1) is 11.2. The minimum atomic E-state index is -0.503. The van der Waals surface area contributed by atoms with E-state index in [2.05, 4.69) is 41.1 Å². The highest BCUT2D eigenvalue weighted by Crippen LogP contribution is 2.27. The van der Waals surface area contributed by atoms with Gasteiger partial charge in [0.05, 0.1) is 5.60 Å². The lowest BCUT2D eigenvalue weighted by Crippen LogP contribution is -2.42. The predicted molar refractivity (Wildman–Crippen MR) is 67.6 cm³/mol. The molecule has 1 aromatic carbocycles. The average Bonchev–Trinajstić information content (AvgIpc) is 2.81. The molecule has 1 saturated heterocycles. The van der Waals surface area contributed by atoms with Crippen molar-refractivity contribution in [1.82, 2.24) is 9.80 Å². The van der Waals surface area contributed by atoms with Crippen LogP contribution in [0, 0.1) is 0 Å². The van der Waals surface area contributed by atoms with Crippen LogP contribution in [0.25, 0.3) is 0 Å². The van der Waals surface area contributed by atoms with Gasteiger partial charge in [0.1, 0.15) is 0 Å². The van der Waals surface area contributed by atoms with E-state index in [9.17, 15) is 5.11 Å². The maximum atomic E-state index is 10.5. The van der Waals surface area contributed by atoms with E-state index in [0.717, 1.165) is 39.1 Å². The van der Waals surface area contributed by atoms with E-state index in [0.29, 0.717) is 0 Å². The molecule has 0 bridgehead atoms. The second-order valence-corrected chi connectivity index (χ2v) is 5.63. The van der Waals surface area contributed by atoms with Gasteiger partial charge in [-0.05, 0) is 24.6 Å². The van der Waals surface area contributed by atoms with E-state index in [1.165, 1.54) is 11.1 Å². The number of fused-ring (bicyclic) bond motifs is 1. The number of benzene rings is 1. The minimum absolute atomic E-state index is 0.503. The van der Waals surface area contributed by atoms with Gasteiger partial charge in [0.15, 0.2) is 0 Å². The molecule has 3 rings (SSSR count). The molecule has 0 aliphatic carbocycles. The van der Waals surface area contributed by atoms with Crippen molar-refractivity contribution in [2.75, 3.05) is 26.7 Å². The van der Waals surface area contributed by atoms with Gasteiger partial charge in [-0.2, -0.15) is 0 Å². The number of β-amino-alcohol motifs (C(OH)–C–C–N with tert-alkyl or cyclic N) is 1. The van der Waals surface area contributed by atoms with E-state index in [4.69, 9.17) is 0 Å². The van der Waals surface area contributed by atoms with Crippen LogP contribution in [0.2, 0.25) is 0 Å². The van der Waals surface area contributed by atoms with Crippen LogP contribution in [0.4, 0.5) is 0 Å². The predicted octanol–water partition coefficient (Wildman–Crippen LogP) is 1.07. The molecule has 2 aliphatic rings. The second-order valence-electron chi connectivity index (χ2n) is 5.63. The van der Waals surface area contributed by atoms with Gasteiger partial charge in [0.2, 0.25) is 0 Å². The highest BCUT2D eigenvalue weighted by Gasteiger charge is 2.37. The van der Waals surface area contributed by atoms with Crippen LogP contribution in [-0.2, 0) is 13.1 Å². The van der Waals surface area contributed by atoms with Crippen LogP contribution in [0.15, 0.2) is 24.3 Å². The molecule has 1 unspecified atom stereocenters. The normalized spacial score (nSPS) is 29.8. The molecule has 2 heterocycles. The second kappa shape index (κ2) is 4.09. The third kappa shape index (κ3) is 2.23. The van der Waals surface area contributed by atoms with Crippen molar-refractivity contribution in [3.05, 3.63) is 35.4 Å². The fourth-order valence-electron chi connectivity index (χ4n) is 3.12. The Hall–Kier alpha value is -0.900. The number of likely N-dealkylation sites (N-methyl/N-ethyl adjacent to an activating group) is 1. The highest BCUT2D eigenvalue weighted by atomic mass is 16.3. The zero-order valence-electron chi connectivity index (χ0n) is 10.4. The average molecular weight is 232 g/mol. The Labute approximate surface area is 103 Å². The summed E-state index contributed by atoms with van der Waals surface area (Å²) in [6.07, 6.45) is 0.899. The molecular weight excluding hydrogens is 212 g/mol. The van der Waals surface area contributed by atoms with E-state index in [1.54, 1.807) is 0 Å². The van der Waals surface area contributed by atoms with Crippen LogP contribution in [-0.4, -0.2) is 47.2 Å². The first-order chi connectivity index (χ1) is 8.15. The molecule has 0 amide bonds. The van der Waals surface area contributed by atoms with Crippen molar-refractivity contribution < 1.29 is 5.11 Å². The van der Waals surface area contributed by atoms with Gasteiger partial charge in [-0.3, -0.25) is 4.90 Å². The maximum absolute atomic E-state index is 10.5. The summed E-state index contributed by atoms with van der Waals surface area (Å²) in [4.78, 5) is 4.58. The van der Waals surface area contributed by atoms with Gasteiger partial charge in [-0.1, -0.05) is 24.3 Å². The fraction of sp³-hybridized carbons (Fsp3) is 0.571. The Morgan fingerprint density at radius 2 is 1.88 bits per heavy atom. The molecule has 3 nitrogen and oxygen atoms in total. The summed E-state index contributed by atoms with van der Waals surface area (Å²) in [5.41, 5.74) is 2.33. The van der Waals surface area contributed by atoms with Crippen LogP contribution in [0.1, 0.15) is 17.5 Å². The molecule has 3 heteroatoms. The molecule has 1 aromatic rings. The Morgan fingerprint density at radius 3 is 2.41 bits per heavy atom. The molecule has 1 N–H and O–H groups in total. The lowest BCUT2D eigenvalue weighted by Gasteiger charge is -2.28. The van der Waals surface area contributed by atoms with Gasteiger partial charge in [0, 0.05) is 32.7 Å². The number of aliphatic hydroxyl groups is 1. The number of hydrogen-bond donors (Lipinski definition) is 1. The summed E-state index contributed by atoms with van der Waals surface area (Å²) in [6, 6.07) is 8.58. The summed E-state index contributed by atoms with van der Waals surface area (Å²) >= 11 is 0. The number of hydrogen-bond acceptors (Lipinski definition) is 3. The van der Waals surface area contributed by atoms with Crippen LogP contribution in [0.5, 0.6) is 0 Å². The van der Waals surface area contributed by atoms with E-state index in [1.807, 2.05) is 0 Å². The van der Waals surface area contributed by atoms with Crippen molar-refractivity contribution in [2.45, 2.75) is 25.1 Å². The third-order valence-electron chi connectivity index (χ3n) is 3.95. The summed E-state index contributed by atoms with van der Waals surface area (Å²) in [6.45, 7) is 4.59. The van der Waals surface area contributed by atoms with Gasteiger partial charge in [-0.25, -0.2) is 0 Å². The molecule has 92 valence electrons. The van der Waals surface area contributed by atoms with Gasteiger partial charge in [0.25, 0.3) is 0 Å². The molecule has 0 spiro atoms. The molecule has 0 radical (unpaired) electrons. The van der Waals surface area contributed by atoms with Gasteiger partial charge >= 0.3 is 0 Å². The first-order valence-corrected chi connectivity index (χ1v) is 6.35. The monoisotopic (exact) mass is 232 g/mol. The van der Waals surface area contributed by atoms with Gasteiger partial charge < -0.3 is 10.0 Å². The molecule has 1 fully saturated rings. The van der Waals surface area contributed by atoms with Gasteiger partial charge in [-0.15, -0.1) is 0 Å². The smallest absolute Gasteiger partial charge is 0.0912 e. The van der Waals surface area contributed by atoms with Crippen LogP contribution < -0.4 is 0 Å². The molecule has 0 saturated carbocycles. The number of rotatable bonds is 2. The quantitative estimate of drug-likeness (QED) is 0.826. The molecule has 2 aliphatic heterocycles. The lowest BCUT2D eigenvalue weighted by atomic mass is 10.0. The SMILES string of the molecule is CN1CCC(O)(CN2Cc3ccccc3C2)C1.